The maximum absolute atomic E-state index is 11.9. The fourth-order valence-corrected chi connectivity index (χ4v) is 2.47. The number of aromatic nitrogens is 3. The molecule has 0 aliphatic heterocycles. The average Bonchev–Trinajstić information content (AvgIpc) is 2.98. The topological polar surface area (TPSA) is 81.1 Å². The number of rotatable bonds is 4. The van der Waals surface area contributed by atoms with Gasteiger partial charge >= 0.3 is 6.03 Å². The van der Waals surface area contributed by atoms with Crippen LogP contribution in [0.3, 0.4) is 0 Å². The largest absolute Gasteiger partial charge is 0.486 e. The Morgan fingerprint density at radius 2 is 2.20 bits per heavy atom. The maximum atomic E-state index is 11.9. The van der Waals surface area contributed by atoms with Crippen molar-refractivity contribution in [2.45, 2.75) is 27.3 Å². The fraction of sp³-hybridized carbons (Fsp3) is 0.417. The van der Waals surface area contributed by atoms with Crippen LogP contribution >= 0.6 is 11.3 Å². The number of nitrogens with one attached hydrogen (secondary N) is 2. The molecule has 2 rings (SSSR count). The summed E-state index contributed by atoms with van der Waals surface area (Å²) in [5.41, 5.74) is 2.45. The van der Waals surface area contributed by atoms with Gasteiger partial charge in [0.15, 0.2) is 10.2 Å². The highest BCUT2D eigenvalue weighted by molar-refractivity contribution is 7.17. The van der Waals surface area contributed by atoms with E-state index in [1.165, 1.54) is 11.3 Å². The molecular weight excluding hydrogens is 278 g/mol. The number of carbonyl (C=O) groups is 1. The van der Waals surface area contributed by atoms with Crippen LogP contribution in [0.4, 0.5) is 15.6 Å². The van der Waals surface area contributed by atoms with E-state index in [1.54, 1.807) is 13.3 Å². The normalized spacial score (nSPS) is 10.4. The number of hydrogen-bond donors (Lipinski definition) is 2. The summed E-state index contributed by atoms with van der Waals surface area (Å²) in [6.45, 7) is 6.55. The summed E-state index contributed by atoms with van der Waals surface area (Å²) in [5.74, 6) is 0. The average molecular weight is 295 g/mol. The lowest BCUT2D eigenvalue weighted by atomic mass is 10.3. The summed E-state index contributed by atoms with van der Waals surface area (Å²) in [5, 5.41) is 10.9. The minimum absolute atomic E-state index is 0.344. The van der Waals surface area contributed by atoms with E-state index in [4.69, 9.17) is 4.74 Å². The second kappa shape index (κ2) is 5.91. The van der Waals surface area contributed by atoms with Gasteiger partial charge in [-0.2, -0.15) is 5.10 Å². The number of anilines is 2. The zero-order valence-corrected chi connectivity index (χ0v) is 12.7. The van der Waals surface area contributed by atoms with Gasteiger partial charge in [0.1, 0.15) is 0 Å². The van der Waals surface area contributed by atoms with Crippen molar-refractivity contribution in [3.63, 3.8) is 0 Å². The van der Waals surface area contributed by atoms with Crippen LogP contribution in [0, 0.1) is 13.8 Å². The lowest BCUT2D eigenvalue weighted by Crippen LogP contribution is -2.20. The Labute approximate surface area is 121 Å². The van der Waals surface area contributed by atoms with Crippen molar-refractivity contribution < 1.29 is 9.53 Å². The summed E-state index contributed by atoms with van der Waals surface area (Å²) >= 11 is 1.26. The van der Waals surface area contributed by atoms with Gasteiger partial charge in [0.2, 0.25) is 0 Å². The Morgan fingerprint density at radius 3 is 2.75 bits per heavy atom. The molecule has 2 amide bonds. The molecule has 0 radical (unpaired) electrons. The molecule has 0 aliphatic rings. The van der Waals surface area contributed by atoms with E-state index in [0.29, 0.717) is 10.2 Å². The van der Waals surface area contributed by atoms with E-state index in [-0.39, 0.29) is 6.03 Å². The number of carbonyl (C=O) groups excluding carboxylic acids is 1. The second-order valence-electron chi connectivity index (χ2n) is 4.13. The number of methoxy groups -OCH3 is 1. The standard InChI is InChI=1S/C12H17N5O2S/c1-5-17-8(3)10(7(2)16-17)14-11(18)15-12-13-6-9(19-4)20-12/h6H,5H2,1-4H3,(H2,13,14,15,18). The van der Waals surface area contributed by atoms with E-state index in [2.05, 4.69) is 20.7 Å². The molecule has 2 heterocycles. The van der Waals surface area contributed by atoms with Crippen LogP contribution < -0.4 is 15.4 Å². The number of nitrogens with zero attached hydrogens (tertiary/aromatic N) is 3. The Kier molecular flexibility index (Phi) is 4.23. The Hall–Kier alpha value is -2.09. The second-order valence-corrected chi connectivity index (χ2v) is 5.12. The maximum Gasteiger partial charge on any atom is 0.325 e. The van der Waals surface area contributed by atoms with Gasteiger partial charge in [0.25, 0.3) is 0 Å². The summed E-state index contributed by atoms with van der Waals surface area (Å²) in [6, 6.07) is -0.344. The van der Waals surface area contributed by atoms with E-state index in [1.807, 2.05) is 25.5 Å². The van der Waals surface area contributed by atoms with Crippen molar-refractivity contribution in [2.24, 2.45) is 0 Å². The Morgan fingerprint density at radius 1 is 1.45 bits per heavy atom. The molecule has 20 heavy (non-hydrogen) atoms. The van der Waals surface area contributed by atoms with Crippen LogP contribution in [0.25, 0.3) is 0 Å². The number of hydrogen-bond acceptors (Lipinski definition) is 5. The molecule has 0 unspecified atom stereocenters. The van der Waals surface area contributed by atoms with Crippen molar-refractivity contribution in [3.8, 4) is 5.06 Å². The van der Waals surface area contributed by atoms with Crippen LogP contribution in [-0.4, -0.2) is 27.9 Å². The number of amides is 2. The first kappa shape index (κ1) is 14.3. The quantitative estimate of drug-likeness (QED) is 0.908. The van der Waals surface area contributed by atoms with Crippen LogP contribution in [0.15, 0.2) is 6.20 Å². The lowest BCUT2D eigenvalue weighted by Gasteiger charge is -2.06. The van der Waals surface area contributed by atoms with Crippen LogP contribution in [0.1, 0.15) is 18.3 Å². The van der Waals surface area contributed by atoms with E-state index >= 15 is 0 Å². The summed E-state index contributed by atoms with van der Waals surface area (Å²) in [6.07, 6.45) is 1.56. The number of ether oxygens (including phenoxy) is 1. The molecule has 0 aromatic carbocycles. The monoisotopic (exact) mass is 295 g/mol. The molecule has 0 aliphatic carbocycles. The van der Waals surface area contributed by atoms with E-state index in [9.17, 15) is 4.79 Å². The van der Waals surface area contributed by atoms with E-state index < -0.39 is 0 Å². The minimum atomic E-state index is -0.344. The summed E-state index contributed by atoms with van der Waals surface area (Å²) < 4.78 is 6.87. The highest BCUT2D eigenvalue weighted by Gasteiger charge is 2.14. The SMILES string of the molecule is CCn1nc(C)c(NC(=O)Nc2ncc(OC)s2)c1C. The third-order valence-corrected chi connectivity index (χ3v) is 3.70. The van der Waals surface area contributed by atoms with Gasteiger partial charge in [-0.25, -0.2) is 9.78 Å². The molecule has 0 bridgehead atoms. The van der Waals surface area contributed by atoms with Gasteiger partial charge in [-0.15, -0.1) is 0 Å². The fourth-order valence-electron chi connectivity index (χ4n) is 1.84. The molecule has 0 saturated carbocycles. The van der Waals surface area contributed by atoms with Crippen LogP contribution in [-0.2, 0) is 6.54 Å². The summed E-state index contributed by atoms with van der Waals surface area (Å²) in [4.78, 5) is 16.0. The van der Waals surface area contributed by atoms with Crippen molar-refractivity contribution >= 4 is 28.2 Å². The van der Waals surface area contributed by atoms with Gasteiger partial charge in [-0.3, -0.25) is 10.00 Å². The lowest BCUT2D eigenvalue weighted by molar-refractivity contribution is 0.262. The predicted octanol–water partition coefficient (Wildman–Crippen LogP) is 2.63. The van der Waals surface area contributed by atoms with E-state index in [0.717, 1.165) is 23.6 Å². The minimum Gasteiger partial charge on any atom is -0.486 e. The van der Waals surface area contributed by atoms with Crippen LogP contribution in [0.2, 0.25) is 0 Å². The first-order chi connectivity index (χ1) is 9.55. The number of thiazole rings is 1. The van der Waals surface area contributed by atoms with Gasteiger partial charge in [0, 0.05) is 6.54 Å². The zero-order chi connectivity index (χ0) is 14.7. The first-order valence-electron chi connectivity index (χ1n) is 6.17. The molecule has 2 aromatic rings. The third kappa shape index (κ3) is 2.90. The zero-order valence-electron chi connectivity index (χ0n) is 11.9. The molecule has 0 fully saturated rings. The Bertz CT molecular complexity index is 619. The number of urea groups is 1. The first-order valence-corrected chi connectivity index (χ1v) is 6.98. The summed E-state index contributed by atoms with van der Waals surface area (Å²) in [7, 11) is 1.56. The third-order valence-electron chi connectivity index (χ3n) is 2.83. The Balaban J connectivity index is 2.06. The van der Waals surface area contributed by atoms with Crippen molar-refractivity contribution in [1.82, 2.24) is 14.8 Å². The number of aryl methyl sites for hydroxylation is 2. The predicted molar refractivity (Wildman–Crippen MR) is 78.7 cm³/mol. The smallest absolute Gasteiger partial charge is 0.325 e. The molecule has 2 N–H and O–H groups in total. The molecule has 7 nitrogen and oxygen atoms in total. The van der Waals surface area contributed by atoms with Gasteiger partial charge in [-0.05, 0) is 20.8 Å². The molecule has 108 valence electrons. The van der Waals surface area contributed by atoms with Crippen LogP contribution in [0.5, 0.6) is 5.06 Å². The highest BCUT2D eigenvalue weighted by atomic mass is 32.1. The molecule has 0 spiro atoms. The molecular formula is C12H17N5O2S. The van der Waals surface area contributed by atoms with Crippen molar-refractivity contribution in [3.05, 3.63) is 17.6 Å². The van der Waals surface area contributed by atoms with Gasteiger partial charge in [0.05, 0.1) is 30.4 Å². The van der Waals surface area contributed by atoms with Crippen molar-refractivity contribution in [1.29, 1.82) is 0 Å². The van der Waals surface area contributed by atoms with Gasteiger partial charge in [-0.1, -0.05) is 11.3 Å². The van der Waals surface area contributed by atoms with Gasteiger partial charge < -0.3 is 10.1 Å². The molecule has 8 heteroatoms. The molecule has 2 aromatic heterocycles. The molecule has 0 atom stereocenters. The highest BCUT2D eigenvalue weighted by Crippen LogP contribution is 2.25. The molecule has 0 saturated heterocycles. The van der Waals surface area contributed by atoms with Crippen molar-refractivity contribution in [2.75, 3.05) is 17.7 Å².